The fraction of sp³-hybridized carbons (Fsp3) is 0.462. The topological polar surface area (TPSA) is 58.8 Å². The van der Waals surface area contributed by atoms with Gasteiger partial charge in [-0.05, 0) is 37.1 Å². The number of likely N-dealkylation sites (N-methyl/N-ethyl adjacent to an activating group) is 1. The van der Waals surface area contributed by atoms with Gasteiger partial charge in [-0.15, -0.1) is 0 Å². The summed E-state index contributed by atoms with van der Waals surface area (Å²) in [5.41, 5.74) is 7.15. The van der Waals surface area contributed by atoms with Gasteiger partial charge in [-0.25, -0.2) is 0 Å². The Kier molecular flexibility index (Phi) is 4.17. The first-order valence-electron chi connectivity index (χ1n) is 6.17. The highest BCUT2D eigenvalue weighted by Gasteiger charge is 2.18. The Bertz CT molecular complexity index is 399. The molecule has 5 heteroatoms. The number of hydroxylamine groups is 2. The normalized spacial score (nSPS) is 16.5. The number of amides is 1. The van der Waals surface area contributed by atoms with E-state index in [1.165, 1.54) is 0 Å². The van der Waals surface area contributed by atoms with Crippen molar-refractivity contribution in [2.75, 3.05) is 37.4 Å². The minimum Gasteiger partial charge on any atom is -0.399 e. The molecule has 98 valence electrons. The lowest BCUT2D eigenvalue weighted by atomic mass is 10.2. The van der Waals surface area contributed by atoms with E-state index in [9.17, 15) is 4.79 Å². The number of carbonyl (C=O) groups excluding carboxylic acids is 1. The molecule has 1 aromatic carbocycles. The molecule has 1 aliphatic rings. The molecule has 0 radical (unpaired) electrons. The van der Waals surface area contributed by atoms with Crippen molar-refractivity contribution in [2.45, 2.75) is 12.8 Å². The van der Waals surface area contributed by atoms with Crippen molar-refractivity contribution in [3.8, 4) is 0 Å². The van der Waals surface area contributed by atoms with Gasteiger partial charge in [0.1, 0.15) is 6.54 Å². The zero-order chi connectivity index (χ0) is 13.0. The second-order valence-corrected chi connectivity index (χ2v) is 4.45. The average Bonchev–Trinajstić information content (AvgIpc) is 2.40. The van der Waals surface area contributed by atoms with Crippen molar-refractivity contribution in [3.63, 3.8) is 0 Å². The number of benzene rings is 1. The summed E-state index contributed by atoms with van der Waals surface area (Å²) in [6.07, 6.45) is 2.15. The molecule has 1 heterocycles. The number of nitrogen functional groups attached to an aromatic ring is 1. The van der Waals surface area contributed by atoms with Crippen LogP contribution < -0.4 is 10.6 Å². The lowest BCUT2D eigenvalue weighted by Crippen LogP contribution is -2.40. The fourth-order valence-electron chi connectivity index (χ4n) is 1.87. The Morgan fingerprint density at radius 1 is 1.39 bits per heavy atom. The van der Waals surface area contributed by atoms with E-state index in [-0.39, 0.29) is 5.91 Å². The van der Waals surface area contributed by atoms with E-state index in [1.54, 1.807) is 29.1 Å². The molecular weight excluding hydrogens is 230 g/mol. The number of nitrogens with two attached hydrogens (primary N) is 1. The molecule has 1 fully saturated rings. The smallest absolute Gasteiger partial charge is 0.243 e. The molecule has 0 aliphatic carbocycles. The summed E-state index contributed by atoms with van der Waals surface area (Å²) in [6.45, 7) is 1.82. The standard InChI is InChI=1S/C13H19N3O2/c1-15(12-6-4-11(14)5-7-12)13(17)10-16-8-2-3-9-18-16/h4-7H,2-3,8-10,14H2,1H3. The molecule has 0 saturated carbocycles. The van der Waals surface area contributed by atoms with Gasteiger partial charge >= 0.3 is 0 Å². The number of hydrogen-bond acceptors (Lipinski definition) is 4. The average molecular weight is 249 g/mol. The zero-order valence-electron chi connectivity index (χ0n) is 10.6. The summed E-state index contributed by atoms with van der Waals surface area (Å²) in [5.74, 6) is 0.0154. The third-order valence-electron chi connectivity index (χ3n) is 3.04. The Morgan fingerprint density at radius 3 is 2.72 bits per heavy atom. The van der Waals surface area contributed by atoms with Crippen LogP contribution >= 0.6 is 0 Å². The number of hydrogen-bond donors (Lipinski definition) is 1. The first kappa shape index (κ1) is 12.9. The van der Waals surface area contributed by atoms with E-state index in [2.05, 4.69) is 0 Å². The maximum atomic E-state index is 12.1. The van der Waals surface area contributed by atoms with Crippen molar-refractivity contribution >= 4 is 17.3 Å². The van der Waals surface area contributed by atoms with Gasteiger partial charge in [0.25, 0.3) is 0 Å². The molecule has 0 bridgehead atoms. The SMILES string of the molecule is CN(C(=O)CN1CCCCO1)c1ccc(N)cc1. The van der Waals surface area contributed by atoms with Crippen LogP contribution in [-0.2, 0) is 9.63 Å². The van der Waals surface area contributed by atoms with Crippen LogP contribution in [0.1, 0.15) is 12.8 Å². The molecule has 2 N–H and O–H groups in total. The first-order valence-corrected chi connectivity index (χ1v) is 6.17. The largest absolute Gasteiger partial charge is 0.399 e. The van der Waals surface area contributed by atoms with Gasteiger partial charge in [-0.2, -0.15) is 5.06 Å². The van der Waals surface area contributed by atoms with E-state index < -0.39 is 0 Å². The quantitative estimate of drug-likeness (QED) is 0.819. The highest BCUT2D eigenvalue weighted by molar-refractivity contribution is 5.94. The minimum absolute atomic E-state index is 0.0154. The van der Waals surface area contributed by atoms with E-state index in [4.69, 9.17) is 10.6 Å². The van der Waals surface area contributed by atoms with Crippen LogP contribution in [0.15, 0.2) is 24.3 Å². The Morgan fingerprint density at radius 2 is 2.11 bits per heavy atom. The van der Waals surface area contributed by atoms with Crippen molar-refractivity contribution < 1.29 is 9.63 Å². The van der Waals surface area contributed by atoms with Crippen molar-refractivity contribution in [1.29, 1.82) is 0 Å². The van der Waals surface area contributed by atoms with Gasteiger partial charge in [-0.3, -0.25) is 9.63 Å². The fourth-order valence-corrected chi connectivity index (χ4v) is 1.87. The monoisotopic (exact) mass is 249 g/mol. The Balaban J connectivity index is 1.93. The second-order valence-electron chi connectivity index (χ2n) is 4.45. The Hall–Kier alpha value is -1.59. The highest BCUT2D eigenvalue weighted by atomic mass is 16.7. The summed E-state index contributed by atoms with van der Waals surface area (Å²) in [7, 11) is 1.76. The lowest BCUT2D eigenvalue weighted by molar-refractivity contribution is -0.182. The summed E-state index contributed by atoms with van der Waals surface area (Å²) in [5, 5.41) is 1.74. The summed E-state index contributed by atoms with van der Waals surface area (Å²) < 4.78 is 0. The summed E-state index contributed by atoms with van der Waals surface area (Å²) >= 11 is 0. The van der Waals surface area contributed by atoms with Gasteiger partial charge in [0.15, 0.2) is 0 Å². The molecule has 0 aromatic heterocycles. The van der Waals surface area contributed by atoms with Crippen LogP contribution in [-0.4, -0.2) is 37.7 Å². The third kappa shape index (κ3) is 3.21. The van der Waals surface area contributed by atoms with Crippen LogP contribution in [0, 0.1) is 0 Å². The summed E-state index contributed by atoms with van der Waals surface area (Å²) in [6, 6.07) is 7.25. The second kappa shape index (κ2) is 5.84. The van der Waals surface area contributed by atoms with Crippen LogP contribution in [0.4, 0.5) is 11.4 Å². The molecule has 18 heavy (non-hydrogen) atoms. The van der Waals surface area contributed by atoms with Crippen LogP contribution in [0.3, 0.4) is 0 Å². The summed E-state index contributed by atoms with van der Waals surface area (Å²) in [4.78, 5) is 19.1. The number of rotatable bonds is 3. The van der Waals surface area contributed by atoms with E-state index in [0.29, 0.717) is 18.8 Å². The van der Waals surface area contributed by atoms with E-state index >= 15 is 0 Å². The molecule has 1 saturated heterocycles. The molecule has 0 unspecified atom stereocenters. The molecule has 5 nitrogen and oxygen atoms in total. The van der Waals surface area contributed by atoms with Gasteiger partial charge in [0.2, 0.25) is 5.91 Å². The molecule has 1 aliphatic heterocycles. The number of anilines is 2. The van der Waals surface area contributed by atoms with Gasteiger partial charge < -0.3 is 10.6 Å². The third-order valence-corrected chi connectivity index (χ3v) is 3.04. The molecular formula is C13H19N3O2. The van der Waals surface area contributed by atoms with Gasteiger partial charge in [0, 0.05) is 25.0 Å². The van der Waals surface area contributed by atoms with Gasteiger partial charge in [-0.1, -0.05) is 0 Å². The van der Waals surface area contributed by atoms with E-state index in [1.807, 2.05) is 12.1 Å². The maximum Gasteiger partial charge on any atom is 0.243 e. The predicted octanol–water partition coefficient (Wildman–Crippen LogP) is 1.26. The molecule has 0 atom stereocenters. The van der Waals surface area contributed by atoms with E-state index in [0.717, 1.165) is 25.1 Å². The molecule has 1 aromatic rings. The Labute approximate surface area is 107 Å². The van der Waals surface area contributed by atoms with Crippen LogP contribution in [0.2, 0.25) is 0 Å². The van der Waals surface area contributed by atoms with Crippen molar-refractivity contribution in [1.82, 2.24) is 5.06 Å². The minimum atomic E-state index is 0.0154. The van der Waals surface area contributed by atoms with Crippen molar-refractivity contribution in [2.24, 2.45) is 0 Å². The van der Waals surface area contributed by atoms with Crippen LogP contribution in [0.25, 0.3) is 0 Å². The lowest BCUT2D eigenvalue weighted by Gasteiger charge is -2.27. The van der Waals surface area contributed by atoms with Crippen molar-refractivity contribution in [3.05, 3.63) is 24.3 Å². The molecule has 2 rings (SSSR count). The number of carbonyl (C=O) groups is 1. The molecule has 1 amide bonds. The number of nitrogens with zero attached hydrogens (tertiary/aromatic N) is 2. The highest BCUT2D eigenvalue weighted by Crippen LogP contribution is 2.15. The first-order chi connectivity index (χ1) is 8.66. The van der Waals surface area contributed by atoms with Crippen LogP contribution in [0.5, 0.6) is 0 Å². The zero-order valence-corrected chi connectivity index (χ0v) is 10.6. The predicted molar refractivity (Wildman–Crippen MR) is 71.0 cm³/mol. The van der Waals surface area contributed by atoms with Gasteiger partial charge in [0.05, 0.1) is 6.61 Å². The maximum absolute atomic E-state index is 12.1. The molecule has 0 spiro atoms.